The molecule has 18 N–H and O–H groups in total. The van der Waals surface area contributed by atoms with E-state index in [1.54, 1.807) is 69.6 Å². The third kappa shape index (κ3) is 23.8. The summed E-state index contributed by atoms with van der Waals surface area (Å²) in [5, 5.41) is 23.7. The molecule has 37 heteroatoms. The van der Waals surface area contributed by atoms with Crippen LogP contribution in [0.15, 0.2) is 256 Å². The number of aromatic nitrogens is 18. The number of rotatable bonds is 21. The zero-order valence-electron chi connectivity index (χ0n) is 73.5. The molecule has 0 amide bonds. The van der Waals surface area contributed by atoms with Gasteiger partial charge in [-0.25, -0.2) is 39.3 Å². The minimum absolute atomic E-state index is 0.000742. The van der Waals surface area contributed by atoms with Gasteiger partial charge in [0.2, 0.25) is 35.7 Å². The number of hydrogen-bond acceptors (Lipinski definition) is 33. The molecule has 0 radical (unpaired) electrons. The van der Waals surface area contributed by atoms with E-state index < -0.39 is 12.2 Å². The maximum Gasteiger partial charge on any atom is 0.414 e. The molecule has 6 aromatic carbocycles. The van der Waals surface area contributed by atoms with Gasteiger partial charge in [0, 0.05) is 82.7 Å². The van der Waals surface area contributed by atoms with E-state index in [1.807, 2.05) is 212 Å². The SMILES string of the molecule is COc1ccc2c(N[C@H](C)c3ccccn3)nc(N)nc2c1.COc1cccc2nc(N)nc(N[C@H](C)c3ccccn3)c12.COc1cccc2nc(N)nc(N[C@H](c3ccccn3)C(F)(F)F)c12.C[C@@H](Nc1cc(F)cc2nc(N)ncc12)c1ccccn1.Cc1ccc2c(N[C@H](C)c3ccccn3)nc(N)nc2c1.Cc1cccc2nc(N)nc(N[C@H](C)c3ccccn3)c12. The largest absolute Gasteiger partial charge is 0.497 e. The summed E-state index contributed by atoms with van der Waals surface area (Å²) < 4.78 is 70.3. The Balaban J connectivity index is 0.000000135. The third-order valence-electron chi connectivity index (χ3n) is 20.3. The van der Waals surface area contributed by atoms with E-state index in [4.69, 9.17) is 48.6 Å². The number of benzene rings is 6. The Hall–Kier alpha value is -17.0. The van der Waals surface area contributed by atoms with Gasteiger partial charge in [-0.05, 0) is 193 Å². The van der Waals surface area contributed by atoms with Crippen molar-refractivity contribution in [2.45, 2.75) is 90.9 Å². The molecule has 0 saturated carbocycles. The van der Waals surface area contributed by atoms with Crippen molar-refractivity contribution >= 4 is 136 Å². The van der Waals surface area contributed by atoms with Crippen LogP contribution in [-0.2, 0) is 0 Å². The second kappa shape index (κ2) is 43.0. The molecular formula is C95H96F4N30O3. The van der Waals surface area contributed by atoms with Crippen LogP contribution in [0.2, 0.25) is 0 Å². The van der Waals surface area contributed by atoms with Gasteiger partial charge in [-0.3, -0.25) is 29.9 Å². The monoisotopic (exact) mass is 1780 g/mol. The van der Waals surface area contributed by atoms with Crippen LogP contribution in [0.4, 0.5) is 88.0 Å². The quantitative estimate of drug-likeness (QED) is 0.0297. The van der Waals surface area contributed by atoms with E-state index in [0.717, 1.165) is 101 Å². The Kier molecular flexibility index (Phi) is 30.2. The van der Waals surface area contributed by atoms with Gasteiger partial charge in [0.15, 0.2) is 6.04 Å². The highest BCUT2D eigenvalue weighted by molar-refractivity contribution is 5.98. The Labute approximate surface area is 756 Å². The van der Waals surface area contributed by atoms with E-state index in [1.165, 1.54) is 43.6 Å². The maximum atomic E-state index is 13.7. The molecule has 0 aliphatic heterocycles. The lowest BCUT2D eigenvalue weighted by Gasteiger charge is -2.22. The first-order chi connectivity index (χ1) is 63.7. The van der Waals surface area contributed by atoms with Crippen LogP contribution in [0.5, 0.6) is 17.2 Å². The fourth-order valence-corrected chi connectivity index (χ4v) is 13.9. The van der Waals surface area contributed by atoms with E-state index in [-0.39, 0.29) is 83.2 Å². The minimum atomic E-state index is -4.59. The number of methoxy groups -OCH3 is 3. The first-order valence-electron chi connectivity index (χ1n) is 41.4. The summed E-state index contributed by atoms with van der Waals surface area (Å²) in [6, 6.07) is 62.1. The van der Waals surface area contributed by atoms with Crippen molar-refractivity contribution in [1.82, 2.24) is 89.7 Å². The smallest absolute Gasteiger partial charge is 0.414 e. The molecule has 0 bridgehead atoms. The molecule has 12 aromatic heterocycles. The zero-order chi connectivity index (χ0) is 93.5. The fourth-order valence-electron chi connectivity index (χ4n) is 13.9. The van der Waals surface area contributed by atoms with Crippen LogP contribution in [0.25, 0.3) is 65.4 Å². The van der Waals surface area contributed by atoms with E-state index >= 15 is 0 Å². The Morgan fingerprint density at radius 2 is 0.652 bits per heavy atom. The van der Waals surface area contributed by atoms with E-state index in [0.29, 0.717) is 50.6 Å². The summed E-state index contributed by atoms with van der Waals surface area (Å²) in [6.07, 6.45) is 7.11. The van der Waals surface area contributed by atoms with Gasteiger partial charge in [0.1, 0.15) is 52.2 Å². The average Bonchev–Trinajstić information content (AvgIpc) is 0.798. The molecule has 0 saturated heterocycles. The van der Waals surface area contributed by atoms with Crippen molar-refractivity contribution in [3.05, 3.63) is 307 Å². The van der Waals surface area contributed by atoms with Gasteiger partial charge >= 0.3 is 6.18 Å². The highest BCUT2D eigenvalue weighted by Gasteiger charge is 2.43. The predicted octanol–water partition coefficient (Wildman–Crippen LogP) is 18.0. The number of alkyl halides is 3. The number of fused-ring (bicyclic) bond motifs is 6. The number of nitrogens with one attached hydrogen (secondary N) is 6. The lowest BCUT2D eigenvalue weighted by atomic mass is 10.1. The second-order valence-electron chi connectivity index (χ2n) is 29.8. The van der Waals surface area contributed by atoms with Gasteiger partial charge in [-0.1, -0.05) is 66.7 Å². The van der Waals surface area contributed by atoms with Gasteiger partial charge in [-0.2, -0.15) is 38.1 Å². The number of hydrogen-bond donors (Lipinski definition) is 12. The summed E-state index contributed by atoms with van der Waals surface area (Å²) in [4.78, 5) is 75.9. The average molecular weight is 1780 g/mol. The van der Waals surface area contributed by atoms with Crippen LogP contribution < -0.4 is 80.5 Å². The molecule has 672 valence electrons. The Morgan fingerprint density at radius 3 is 1.06 bits per heavy atom. The van der Waals surface area contributed by atoms with Crippen molar-refractivity contribution in [3.63, 3.8) is 0 Å². The van der Waals surface area contributed by atoms with Crippen molar-refractivity contribution in [2.75, 3.05) is 87.6 Å². The Morgan fingerprint density at radius 1 is 0.303 bits per heavy atom. The van der Waals surface area contributed by atoms with Crippen LogP contribution in [-0.4, -0.2) is 117 Å². The summed E-state index contributed by atoms with van der Waals surface area (Å²) in [5.74, 6) is 5.06. The first kappa shape index (κ1) is 92.6. The normalized spacial score (nSPS) is 12.3. The molecule has 18 aromatic rings. The number of anilines is 12. The molecule has 0 fully saturated rings. The van der Waals surface area contributed by atoms with Crippen molar-refractivity contribution in [1.29, 1.82) is 0 Å². The molecule has 0 aliphatic rings. The van der Waals surface area contributed by atoms with Crippen LogP contribution >= 0.6 is 0 Å². The summed E-state index contributed by atoms with van der Waals surface area (Å²) in [5.41, 5.74) is 45.8. The van der Waals surface area contributed by atoms with Crippen molar-refractivity contribution < 1.29 is 31.8 Å². The summed E-state index contributed by atoms with van der Waals surface area (Å²) in [6.45, 7) is 14.2. The number of pyridine rings is 6. The van der Waals surface area contributed by atoms with Gasteiger partial charge in [0.05, 0.1) is 130 Å². The van der Waals surface area contributed by atoms with E-state index in [2.05, 4.69) is 122 Å². The van der Waals surface area contributed by atoms with Crippen molar-refractivity contribution in [2.24, 2.45) is 0 Å². The molecule has 132 heavy (non-hydrogen) atoms. The lowest BCUT2D eigenvalue weighted by molar-refractivity contribution is -0.144. The molecule has 6 atom stereocenters. The van der Waals surface area contributed by atoms with Crippen molar-refractivity contribution in [3.8, 4) is 17.2 Å². The summed E-state index contributed by atoms with van der Waals surface area (Å²) >= 11 is 0. The second-order valence-corrected chi connectivity index (χ2v) is 29.8. The Bertz CT molecular complexity index is 6760. The number of nitrogens with two attached hydrogens (primary N) is 6. The summed E-state index contributed by atoms with van der Waals surface area (Å²) in [7, 11) is 4.65. The maximum absolute atomic E-state index is 13.7. The number of halogens is 4. The van der Waals surface area contributed by atoms with E-state index in [9.17, 15) is 17.6 Å². The molecule has 12 heterocycles. The minimum Gasteiger partial charge on any atom is -0.497 e. The standard InChI is InChI=1S/C16H14F3N5O.2C16H17N5O.2C16H17N5.C15H14FN5/c1-25-11-7-4-6-9-12(11)14(24-15(20)22-9)23-13(16(17,18)19)10-5-2-3-8-21-10;1-10(11-6-3-4-9-18-11)19-15-14-12(20-16(17)21-15)7-5-8-13(14)22-2;1-10(13-5-3-4-8-18-13)19-15-12-7-6-11(22-2)9-14(12)20-16(17)21-15;1-10-6-5-8-13-14(10)15(21-16(17)20-13)19-11(2)12-7-3-4-9-18-12;1-10-6-7-12-14(9-10)20-16(17)21-15(12)19-11(2)13-5-3-4-8-18-13;1-9(12-4-2-3-5-18-12)20-13-6-10(16)7-14-11(13)8-19-15(17)21-14/h2-8,13H,1H3,(H3,20,22,23,24);2*3-10H,1-2H3,(H3,17,19,20,21);2*3-9,11H,1-2H3,(H3,17,19,20,21);2-9,20H,1H3,(H2,17,19,21)/t13-;2*10-;2*11-;9-/m111111/s1. The van der Waals surface area contributed by atoms with Gasteiger partial charge in [-0.15, -0.1) is 0 Å². The predicted molar refractivity (Wildman–Crippen MR) is 511 cm³/mol. The highest BCUT2D eigenvalue weighted by Crippen LogP contribution is 2.40. The van der Waals surface area contributed by atoms with Gasteiger partial charge < -0.3 is 80.5 Å². The highest BCUT2D eigenvalue weighted by atomic mass is 19.4. The first-order valence-corrected chi connectivity index (χ1v) is 41.4. The zero-order valence-corrected chi connectivity index (χ0v) is 73.5. The fraction of sp³-hybridized carbons (Fsp3) is 0.179. The third-order valence-corrected chi connectivity index (χ3v) is 20.3. The van der Waals surface area contributed by atoms with Gasteiger partial charge in [0.25, 0.3) is 0 Å². The molecule has 18 rings (SSSR count). The molecular weight excluding hydrogens is 1690 g/mol. The molecule has 0 unspecified atom stereocenters. The molecule has 0 aliphatic carbocycles. The number of nitrogen functional groups attached to an aromatic ring is 6. The van der Waals surface area contributed by atoms with Crippen LogP contribution in [0.1, 0.15) is 116 Å². The van der Waals surface area contributed by atoms with Crippen LogP contribution in [0, 0.1) is 19.7 Å². The number of ether oxygens (including phenoxy) is 3. The molecule has 0 spiro atoms. The molecule has 33 nitrogen and oxygen atoms in total. The lowest BCUT2D eigenvalue weighted by Crippen LogP contribution is -2.29. The topological polar surface area (TPSA) is 488 Å². The van der Waals surface area contributed by atoms with Crippen LogP contribution in [0.3, 0.4) is 0 Å². The number of aryl methyl sites for hydroxylation is 2. The number of nitrogens with zero attached hydrogens (tertiary/aromatic N) is 18.